The number of hydrogen-bond acceptors (Lipinski definition) is 7. The summed E-state index contributed by atoms with van der Waals surface area (Å²) in [4.78, 5) is 39.0. The molecule has 3 aromatic heterocycles. The van der Waals surface area contributed by atoms with Crippen molar-refractivity contribution >= 4 is 38.5 Å². The number of nitrogens with zero attached hydrogens (tertiary/aromatic N) is 4. The van der Waals surface area contributed by atoms with Crippen LogP contribution in [0.2, 0.25) is 0 Å². The first-order valence-corrected chi connectivity index (χ1v) is 13.6. The first-order chi connectivity index (χ1) is 19.1. The number of carbonyl (C=O) groups is 1. The summed E-state index contributed by atoms with van der Waals surface area (Å²) in [6, 6.07) is 17.8. The van der Waals surface area contributed by atoms with Crippen molar-refractivity contribution in [3.8, 4) is 0 Å². The van der Waals surface area contributed by atoms with E-state index in [1.54, 1.807) is 44.2 Å². The molecule has 0 aliphatic heterocycles. The summed E-state index contributed by atoms with van der Waals surface area (Å²) in [5.74, 6) is -0.630. The Morgan fingerprint density at radius 2 is 1.73 bits per heavy atom. The molecule has 0 bridgehead atoms. The highest BCUT2D eigenvalue weighted by Gasteiger charge is 2.19. The van der Waals surface area contributed by atoms with Crippen molar-refractivity contribution in [2.45, 2.75) is 25.3 Å². The number of carbonyl (C=O) groups excluding carboxylic acids is 1. The third kappa shape index (κ3) is 5.57. The topological polar surface area (TPSA) is 136 Å². The summed E-state index contributed by atoms with van der Waals surface area (Å²) in [7, 11) is -3.96. The number of sulfonamides is 1. The van der Waals surface area contributed by atoms with Gasteiger partial charge in [-0.2, -0.15) is 0 Å². The van der Waals surface area contributed by atoms with E-state index >= 15 is 0 Å². The van der Waals surface area contributed by atoms with Gasteiger partial charge in [0.2, 0.25) is 0 Å². The third-order valence-corrected chi connectivity index (χ3v) is 7.38. The highest BCUT2D eigenvalue weighted by Crippen LogP contribution is 2.19. The highest BCUT2D eigenvalue weighted by molar-refractivity contribution is 7.92. The average molecular weight is 559 g/mol. The van der Waals surface area contributed by atoms with Crippen LogP contribution in [0.3, 0.4) is 0 Å². The second-order valence-electron chi connectivity index (χ2n) is 8.98. The van der Waals surface area contributed by atoms with Crippen molar-refractivity contribution in [1.82, 2.24) is 19.5 Å². The molecule has 40 heavy (non-hydrogen) atoms. The third-order valence-electron chi connectivity index (χ3n) is 6.01. The number of benzene rings is 2. The summed E-state index contributed by atoms with van der Waals surface area (Å²) in [5, 5.41) is 3.15. The van der Waals surface area contributed by atoms with Gasteiger partial charge in [-0.1, -0.05) is 18.2 Å². The lowest BCUT2D eigenvalue weighted by Crippen LogP contribution is -2.30. The molecule has 0 radical (unpaired) electrons. The van der Waals surface area contributed by atoms with E-state index in [0.717, 1.165) is 0 Å². The van der Waals surface area contributed by atoms with E-state index in [0.29, 0.717) is 22.6 Å². The van der Waals surface area contributed by atoms with Crippen LogP contribution < -0.4 is 15.6 Å². The van der Waals surface area contributed by atoms with Crippen molar-refractivity contribution in [2.24, 2.45) is 0 Å². The van der Waals surface area contributed by atoms with Crippen LogP contribution >= 0.6 is 0 Å². The maximum absolute atomic E-state index is 14.4. The Labute approximate surface area is 228 Å². The van der Waals surface area contributed by atoms with Crippen LogP contribution in [-0.4, -0.2) is 33.8 Å². The molecule has 0 spiro atoms. The van der Waals surface area contributed by atoms with Crippen LogP contribution in [0.25, 0.3) is 11.0 Å². The van der Waals surface area contributed by atoms with Crippen molar-refractivity contribution < 1.29 is 17.6 Å². The zero-order valence-corrected chi connectivity index (χ0v) is 22.2. The Balaban J connectivity index is 1.41. The maximum atomic E-state index is 14.4. The summed E-state index contributed by atoms with van der Waals surface area (Å²) in [6.45, 7) is 3.26. The molecule has 202 valence electrons. The minimum absolute atomic E-state index is 0.0524. The van der Waals surface area contributed by atoms with Gasteiger partial charge in [0.25, 0.3) is 21.5 Å². The number of aromatic nitrogens is 4. The molecular formula is C28H23FN6O4S. The van der Waals surface area contributed by atoms with Gasteiger partial charge in [-0.3, -0.25) is 18.9 Å². The standard InChI is InChI=1S/C28H23FN6O4S/c1-17-14-25(32-18(2)31-17)34-40(38,39)22-11-9-21(10-12-22)33-27(36)23-15-19-7-5-13-30-26(19)35(28(23)37)16-20-6-3-4-8-24(20)29/h3-15H,16H2,1-2H3,(H,33,36)(H,31,32,34). The van der Waals surface area contributed by atoms with Crippen molar-refractivity contribution in [1.29, 1.82) is 0 Å². The second-order valence-corrected chi connectivity index (χ2v) is 10.7. The number of halogens is 1. The van der Waals surface area contributed by atoms with Crippen LogP contribution in [0.5, 0.6) is 0 Å². The number of pyridine rings is 2. The van der Waals surface area contributed by atoms with Gasteiger partial charge >= 0.3 is 0 Å². The predicted octanol–water partition coefficient (Wildman–Crippen LogP) is 4.04. The Kier molecular flexibility index (Phi) is 7.09. The van der Waals surface area contributed by atoms with E-state index in [9.17, 15) is 22.4 Å². The fourth-order valence-corrected chi connectivity index (χ4v) is 5.19. The number of hydrogen-bond donors (Lipinski definition) is 2. The first-order valence-electron chi connectivity index (χ1n) is 12.1. The molecule has 0 aliphatic carbocycles. The molecule has 5 aromatic rings. The smallest absolute Gasteiger partial charge is 0.265 e. The monoisotopic (exact) mass is 558 g/mol. The Hall–Kier alpha value is -4.97. The molecule has 2 N–H and O–H groups in total. The highest BCUT2D eigenvalue weighted by atomic mass is 32.2. The van der Waals surface area contributed by atoms with Gasteiger partial charge < -0.3 is 5.32 Å². The lowest BCUT2D eigenvalue weighted by Gasteiger charge is -2.13. The summed E-state index contributed by atoms with van der Waals surface area (Å²) < 4.78 is 43.7. The SMILES string of the molecule is Cc1cc(NS(=O)(=O)c2ccc(NC(=O)c3cc4cccnc4n(Cc4ccccc4F)c3=O)cc2)nc(C)n1. The van der Waals surface area contributed by atoms with E-state index in [4.69, 9.17) is 0 Å². The Morgan fingerprint density at radius 3 is 2.45 bits per heavy atom. The van der Waals surface area contributed by atoms with E-state index in [-0.39, 0.29) is 34.1 Å². The van der Waals surface area contributed by atoms with E-state index in [2.05, 4.69) is 25.0 Å². The molecule has 2 aromatic carbocycles. The molecule has 0 atom stereocenters. The quantitative estimate of drug-likeness (QED) is 0.308. The lowest BCUT2D eigenvalue weighted by molar-refractivity contribution is 0.102. The fraction of sp³-hybridized carbons (Fsp3) is 0.107. The van der Waals surface area contributed by atoms with Gasteiger partial charge in [0, 0.05) is 34.6 Å². The molecule has 12 heteroatoms. The number of amides is 1. The van der Waals surface area contributed by atoms with Crippen LogP contribution in [0.4, 0.5) is 15.9 Å². The fourth-order valence-electron chi connectivity index (χ4n) is 4.19. The predicted molar refractivity (Wildman–Crippen MR) is 148 cm³/mol. The lowest BCUT2D eigenvalue weighted by atomic mass is 10.1. The number of aryl methyl sites for hydroxylation is 2. The molecule has 0 saturated carbocycles. The van der Waals surface area contributed by atoms with Crippen molar-refractivity contribution in [3.05, 3.63) is 118 Å². The first kappa shape index (κ1) is 26.6. The van der Waals surface area contributed by atoms with Crippen molar-refractivity contribution in [2.75, 3.05) is 10.0 Å². The molecule has 0 unspecified atom stereocenters. The number of anilines is 2. The molecule has 5 rings (SSSR count). The largest absolute Gasteiger partial charge is 0.322 e. The van der Waals surface area contributed by atoms with Gasteiger partial charge in [0.15, 0.2) is 0 Å². The van der Waals surface area contributed by atoms with Gasteiger partial charge in [0.1, 0.15) is 28.7 Å². The number of fused-ring (bicyclic) bond motifs is 1. The molecule has 0 saturated heterocycles. The second kappa shape index (κ2) is 10.7. The summed E-state index contributed by atoms with van der Waals surface area (Å²) >= 11 is 0. The Morgan fingerprint density at radius 1 is 0.975 bits per heavy atom. The summed E-state index contributed by atoms with van der Waals surface area (Å²) in [5.41, 5.74) is 0.635. The minimum Gasteiger partial charge on any atom is -0.322 e. The zero-order chi connectivity index (χ0) is 28.4. The summed E-state index contributed by atoms with van der Waals surface area (Å²) in [6.07, 6.45) is 1.51. The van der Waals surface area contributed by atoms with E-state index < -0.39 is 27.3 Å². The normalized spacial score (nSPS) is 11.4. The van der Waals surface area contributed by atoms with Gasteiger partial charge in [-0.25, -0.2) is 27.8 Å². The van der Waals surface area contributed by atoms with Crippen LogP contribution in [0, 0.1) is 19.7 Å². The maximum Gasteiger partial charge on any atom is 0.265 e. The number of rotatable bonds is 7. The minimum atomic E-state index is -3.96. The van der Waals surface area contributed by atoms with Gasteiger partial charge in [-0.05, 0) is 62.4 Å². The average Bonchev–Trinajstić information content (AvgIpc) is 2.90. The molecule has 0 aliphatic rings. The van der Waals surface area contributed by atoms with E-state index in [1.165, 1.54) is 53.2 Å². The van der Waals surface area contributed by atoms with Gasteiger partial charge in [-0.15, -0.1) is 0 Å². The molecular weight excluding hydrogens is 535 g/mol. The van der Waals surface area contributed by atoms with Crippen LogP contribution in [0.15, 0.2) is 88.7 Å². The zero-order valence-electron chi connectivity index (χ0n) is 21.4. The van der Waals surface area contributed by atoms with Gasteiger partial charge in [0.05, 0.1) is 11.4 Å². The molecule has 0 fully saturated rings. The van der Waals surface area contributed by atoms with Crippen molar-refractivity contribution in [3.63, 3.8) is 0 Å². The molecule has 3 heterocycles. The van der Waals surface area contributed by atoms with Crippen LogP contribution in [0.1, 0.15) is 27.4 Å². The molecule has 1 amide bonds. The number of nitrogens with one attached hydrogen (secondary N) is 2. The van der Waals surface area contributed by atoms with E-state index in [1.807, 2.05) is 0 Å². The van der Waals surface area contributed by atoms with Crippen LogP contribution in [-0.2, 0) is 16.6 Å². The molecule has 10 nitrogen and oxygen atoms in total. The Bertz CT molecular complexity index is 1900.